The van der Waals surface area contributed by atoms with Gasteiger partial charge in [-0.3, -0.25) is 0 Å². The summed E-state index contributed by atoms with van der Waals surface area (Å²) in [7, 11) is 0. The van der Waals surface area contributed by atoms with Crippen LogP contribution in [0.5, 0.6) is 0 Å². The van der Waals surface area contributed by atoms with Crippen LogP contribution in [-0.4, -0.2) is 39.9 Å². The lowest BCUT2D eigenvalue weighted by Gasteiger charge is -2.30. The van der Waals surface area contributed by atoms with Crippen LogP contribution in [0.1, 0.15) is 35.5 Å². The largest absolute Gasteiger partial charge is 0.395 e. The molecule has 0 aliphatic carbocycles. The average Bonchev–Trinajstić information content (AvgIpc) is 2.58. The van der Waals surface area contributed by atoms with Crippen molar-refractivity contribution in [3.63, 3.8) is 0 Å². The van der Waals surface area contributed by atoms with Crippen LogP contribution in [0, 0.1) is 6.92 Å². The van der Waals surface area contributed by atoms with Crippen molar-refractivity contribution in [1.82, 2.24) is 9.97 Å². The smallest absolute Gasteiger partial charge is 0.134 e. The van der Waals surface area contributed by atoms with Gasteiger partial charge in [-0.15, -0.1) is 0 Å². The second-order valence-corrected chi connectivity index (χ2v) is 6.18. The molecule has 0 radical (unpaired) electrons. The summed E-state index contributed by atoms with van der Waals surface area (Å²) >= 11 is 0. The summed E-state index contributed by atoms with van der Waals surface area (Å²) in [6.45, 7) is 5.89. The average molecular weight is 328 g/mol. The lowest BCUT2D eigenvalue weighted by Crippen LogP contribution is -2.31. The molecule has 6 nitrogen and oxygen atoms in total. The number of rotatable bonds is 5. The zero-order valence-electron chi connectivity index (χ0n) is 14.2. The van der Waals surface area contributed by atoms with Crippen LogP contribution in [-0.2, 0) is 13.0 Å². The van der Waals surface area contributed by atoms with Crippen molar-refractivity contribution in [2.24, 2.45) is 0 Å². The van der Waals surface area contributed by atoms with Gasteiger partial charge in [0, 0.05) is 25.7 Å². The van der Waals surface area contributed by atoms with Crippen molar-refractivity contribution >= 4 is 11.6 Å². The van der Waals surface area contributed by atoms with Gasteiger partial charge in [-0.25, -0.2) is 9.97 Å². The van der Waals surface area contributed by atoms with Gasteiger partial charge < -0.3 is 20.4 Å². The molecule has 0 unspecified atom stereocenters. The van der Waals surface area contributed by atoms with Crippen molar-refractivity contribution < 1.29 is 10.2 Å². The molecule has 1 aliphatic rings. The first-order valence-corrected chi connectivity index (χ1v) is 8.32. The summed E-state index contributed by atoms with van der Waals surface area (Å²) in [5.41, 5.74) is 3.54. The third-order valence-corrected chi connectivity index (χ3v) is 4.29. The van der Waals surface area contributed by atoms with Gasteiger partial charge in [0.2, 0.25) is 0 Å². The second-order valence-electron chi connectivity index (χ2n) is 6.18. The van der Waals surface area contributed by atoms with Crippen molar-refractivity contribution in [3.05, 3.63) is 46.8 Å². The molecule has 1 aromatic carbocycles. The van der Waals surface area contributed by atoms with E-state index in [1.165, 1.54) is 11.1 Å². The van der Waals surface area contributed by atoms with E-state index in [2.05, 4.69) is 32.3 Å². The normalized spacial score (nSPS) is 15.1. The van der Waals surface area contributed by atoms with E-state index in [0.29, 0.717) is 12.4 Å². The van der Waals surface area contributed by atoms with E-state index in [4.69, 9.17) is 5.11 Å². The second kappa shape index (κ2) is 7.15. The van der Waals surface area contributed by atoms with E-state index in [9.17, 15) is 5.11 Å². The zero-order chi connectivity index (χ0) is 17.1. The first-order chi connectivity index (χ1) is 11.6. The van der Waals surface area contributed by atoms with Crippen molar-refractivity contribution in [2.75, 3.05) is 29.9 Å². The molecule has 3 rings (SSSR count). The number of aryl methyl sites for hydroxylation is 1. The van der Waals surface area contributed by atoms with Crippen LogP contribution < -0.4 is 10.2 Å². The van der Waals surface area contributed by atoms with Crippen LogP contribution in [0.2, 0.25) is 0 Å². The Kier molecular flexibility index (Phi) is 4.97. The number of hydrogen-bond donors (Lipinski definition) is 3. The first-order valence-electron chi connectivity index (χ1n) is 8.32. The molecular weight excluding hydrogens is 304 g/mol. The number of benzene rings is 1. The minimum atomic E-state index is -0.432. The molecule has 0 saturated carbocycles. The molecule has 1 aliphatic heterocycles. The molecule has 24 heavy (non-hydrogen) atoms. The fraction of sp³-hybridized carbons (Fsp3) is 0.444. The van der Waals surface area contributed by atoms with E-state index in [1.54, 1.807) is 6.92 Å². The highest BCUT2D eigenvalue weighted by Gasteiger charge is 2.19. The van der Waals surface area contributed by atoms with Crippen molar-refractivity contribution in [3.8, 4) is 0 Å². The van der Waals surface area contributed by atoms with Crippen LogP contribution in [0.3, 0.4) is 0 Å². The van der Waals surface area contributed by atoms with Crippen LogP contribution in [0.15, 0.2) is 24.3 Å². The van der Waals surface area contributed by atoms with Gasteiger partial charge in [-0.1, -0.05) is 18.2 Å². The number of anilines is 2. The van der Waals surface area contributed by atoms with Gasteiger partial charge in [0.25, 0.3) is 0 Å². The quantitative estimate of drug-likeness (QED) is 0.776. The number of aliphatic hydroxyl groups excluding tert-OH is 2. The molecule has 2 aromatic rings. The molecule has 0 spiro atoms. The predicted octanol–water partition coefficient (Wildman–Crippen LogP) is 1.81. The summed E-state index contributed by atoms with van der Waals surface area (Å²) in [4.78, 5) is 11.1. The van der Waals surface area contributed by atoms with Gasteiger partial charge >= 0.3 is 0 Å². The molecule has 0 bridgehead atoms. The molecule has 0 amide bonds. The predicted molar refractivity (Wildman–Crippen MR) is 94.2 cm³/mol. The van der Waals surface area contributed by atoms with Crippen molar-refractivity contribution in [2.45, 2.75) is 32.9 Å². The number of fused-ring (bicyclic) bond motifs is 1. The molecule has 3 N–H and O–H groups in total. The fourth-order valence-corrected chi connectivity index (χ4v) is 3.02. The number of nitrogens with one attached hydrogen (secondary N) is 1. The standard InChI is InChI=1S/C18H24N4O2/c1-12(24)14-3-4-16-11-22(7-5-15(16)9-14)18-10-17(19-6-8-23)20-13(2)21-18/h3-4,9-10,12,23-24H,5-8,11H2,1-2H3,(H,19,20,21)/t12-/m1/s1. The molecule has 128 valence electrons. The fourth-order valence-electron chi connectivity index (χ4n) is 3.02. The molecular formula is C18H24N4O2. The number of aliphatic hydroxyl groups is 2. The molecule has 1 atom stereocenters. The molecule has 6 heteroatoms. The summed E-state index contributed by atoms with van der Waals surface area (Å²) < 4.78 is 0. The third kappa shape index (κ3) is 3.66. The van der Waals surface area contributed by atoms with Crippen molar-refractivity contribution in [1.29, 1.82) is 0 Å². The van der Waals surface area contributed by atoms with Gasteiger partial charge in [-0.05, 0) is 37.0 Å². The maximum absolute atomic E-state index is 9.74. The van der Waals surface area contributed by atoms with Crippen LogP contribution in [0.25, 0.3) is 0 Å². The highest BCUT2D eigenvalue weighted by Crippen LogP contribution is 2.26. The van der Waals surface area contributed by atoms with Crippen LogP contribution in [0.4, 0.5) is 11.6 Å². The lowest BCUT2D eigenvalue weighted by atomic mass is 9.96. The lowest BCUT2D eigenvalue weighted by molar-refractivity contribution is 0.199. The minimum absolute atomic E-state index is 0.0705. The van der Waals surface area contributed by atoms with Gasteiger partial charge in [-0.2, -0.15) is 0 Å². The zero-order valence-corrected chi connectivity index (χ0v) is 14.2. The first kappa shape index (κ1) is 16.7. The van der Waals surface area contributed by atoms with E-state index in [1.807, 2.05) is 19.1 Å². The molecule has 0 saturated heterocycles. The Morgan fingerprint density at radius 2 is 2.08 bits per heavy atom. The maximum Gasteiger partial charge on any atom is 0.134 e. The van der Waals surface area contributed by atoms with Gasteiger partial charge in [0.15, 0.2) is 0 Å². The summed E-state index contributed by atoms with van der Waals surface area (Å²) in [5, 5.41) is 21.8. The minimum Gasteiger partial charge on any atom is -0.395 e. The number of nitrogens with zero attached hydrogens (tertiary/aromatic N) is 3. The van der Waals surface area contributed by atoms with Gasteiger partial charge in [0.05, 0.1) is 12.7 Å². The Morgan fingerprint density at radius 1 is 1.25 bits per heavy atom. The van der Waals surface area contributed by atoms with E-state index < -0.39 is 6.10 Å². The molecule has 1 aromatic heterocycles. The highest BCUT2D eigenvalue weighted by molar-refractivity contribution is 5.51. The van der Waals surface area contributed by atoms with E-state index >= 15 is 0 Å². The Labute approximate surface area is 142 Å². The molecule has 2 heterocycles. The Hall–Kier alpha value is -2.18. The Bertz CT molecular complexity index is 718. The third-order valence-electron chi connectivity index (χ3n) is 4.29. The Balaban J connectivity index is 1.81. The molecule has 0 fully saturated rings. The summed E-state index contributed by atoms with van der Waals surface area (Å²) in [6.07, 6.45) is 0.497. The number of aromatic nitrogens is 2. The van der Waals surface area contributed by atoms with E-state index in [0.717, 1.165) is 36.7 Å². The SMILES string of the molecule is Cc1nc(NCCO)cc(N2CCc3cc([C@@H](C)O)ccc3C2)n1. The summed E-state index contributed by atoms with van der Waals surface area (Å²) in [6, 6.07) is 8.13. The maximum atomic E-state index is 9.74. The van der Waals surface area contributed by atoms with Crippen LogP contribution >= 0.6 is 0 Å². The van der Waals surface area contributed by atoms with E-state index in [-0.39, 0.29) is 6.61 Å². The highest BCUT2D eigenvalue weighted by atomic mass is 16.3. The summed E-state index contributed by atoms with van der Waals surface area (Å²) in [5.74, 6) is 2.35. The van der Waals surface area contributed by atoms with Gasteiger partial charge in [0.1, 0.15) is 17.5 Å². The topological polar surface area (TPSA) is 81.5 Å². The number of hydrogen-bond acceptors (Lipinski definition) is 6. The Morgan fingerprint density at radius 3 is 2.83 bits per heavy atom. The monoisotopic (exact) mass is 328 g/mol.